The largest absolute Gasteiger partial charge is 0.497 e. The van der Waals surface area contributed by atoms with Gasteiger partial charge in [-0.25, -0.2) is 0 Å². The van der Waals surface area contributed by atoms with Gasteiger partial charge in [-0.3, -0.25) is 0 Å². The Labute approximate surface area is 242 Å². The second-order valence-electron chi connectivity index (χ2n) is 15.8. The Balaban J connectivity index is 1.32. The molecule has 1 aromatic carbocycles. The van der Waals surface area contributed by atoms with E-state index in [2.05, 4.69) is 65.1 Å². The molecule has 1 heterocycles. The number of allylic oxidation sites excluding steroid dienone is 1. The van der Waals surface area contributed by atoms with Crippen LogP contribution in [0.1, 0.15) is 90.5 Å². The molecule has 0 radical (unpaired) electrons. The predicted octanol–water partition coefficient (Wildman–Crippen LogP) is 7.35. The molecule has 7 rings (SSSR count). The molecule has 1 N–H and O–H groups in total. The lowest BCUT2D eigenvalue weighted by Crippen LogP contribution is -2.56. The van der Waals surface area contributed by atoms with Crippen LogP contribution in [-0.4, -0.2) is 50.7 Å². The van der Waals surface area contributed by atoms with Crippen molar-refractivity contribution in [2.45, 2.75) is 120 Å². The number of rotatable bonds is 4. The molecular weight excluding hydrogens is 516 g/mol. The third-order valence-electron chi connectivity index (χ3n) is 12.9. The fraction of sp³-hybridized carbons (Fsp3) is 0.765. The molecule has 1 saturated heterocycles. The molecule has 0 aromatic heterocycles. The number of aliphatic hydroxyl groups is 1. The Morgan fingerprint density at radius 3 is 2.38 bits per heavy atom. The highest BCUT2D eigenvalue weighted by Crippen LogP contribution is 2.78. The molecule has 1 aromatic rings. The fourth-order valence-electron chi connectivity index (χ4n) is 9.86. The minimum absolute atomic E-state index is 0.0114. The molecule has 1 aliphatic heterocycles. The maximum atomic E-state index is 12.3. The number of hydrogen-bond acceptors (Lipinski definition) is 5. The molecule has 7 atom stereocenters. The molecule has 5 fully saturated rings. The van der Waals surface area contributed by atoms with Gasteiger partial charge in [0.1, 0.15) is 5.75 Å². The lowest BCUT2D eigenvalue weighted by atomic mass is 9.50. The molecule has 1 spiro atoms. The zero-order valence-corrected chi connectivity index (χ0v) is 26.8. The second kappa shape index (κ2) is 8.69. The van der Waals surface area contributed by atoms with E-state index in [0.717, 1.165) is 37.9 Å². The molecule has 0 unspecified atom stereocenters. The van der Waals surface area contributed by atoms with Crippen molar-refractivity contribution in [3.63, 3.8) is 0 Å². The highest BCUT2D eigenvalue weighted by Gasteiger charge is 2.77. The Bertz CT molecular complexity index is 1210. The van der Waals surface area contributed by atoms with Gasteiger partial charge in [0.05, 0.1) is 31.5 Å². The normalized spacial score (nSPS) is 41.8. The van der Waals surface area contributed by atoms with Crippen LogP contribution in [0.4, 0.5) is 0 Å². The van der Waals surface area contributed by atoms with Crippen molar-refractivity contribution >= 4 is 8.32 Å². The summed E-state index contributed by atoms with van der Waals surface area (Å²) in [6, 6.07) is 8.79. The summed E-state index contributed by atoms with van der Waals surface area (Å²) in [6.45, 7) is 15.9. The number of methoxy groups -OCH3 is 1. The van der Waals surface area contributed by atoms with Crippen LogP contribution in [-0.2, 0) is 13.9 Å². The number of benzene rings is 1. The van der Waals surface area contributed by atoms with Crippen molar-refractivity contribution in [3.8, 4) is 5.75 Å². The van der Waals surface area contributed by atoms with Crippen molar-refractivity contribution in [1.82, 2.24) is 0 Å². The molecule has 4 saturated carbocycles. The molecule has 5 nitrogen and oxygen atoms in total. The van der Waals surface area contributed by atoms with Gasteiger partial charge in [0.15, 0.2) is 14.1 Å². The molecular formula is C34H50O5Si. The first-order chi connectivity index (χ1) is 18.8. The fourth-order valence-corrected chi connectivity index (χ4v) is 11.6. The summed E-state index contributed by atoms with van der Waals surface area (Å²) in [4.78, 5) is 0. The lowest BCUT2D eigenvalue weighted by Gasteiger charge is -2.58. The van der Waals surface area contributed by atoms with E-state index in [1.165, 1.54) is 24.0 Å². The summed E-state index contributed by atoms with van der Waals surface area (Å²) in [6.07, 6.45) is 7.74. The summed E-state index contributed by atoms with van der Waals surface area (Å²) in [5.74, 6) is 2.39. The zero-order chi connectivity index (χ0) is 28.3. The third kappa shape index (κ3) is 3.78. The number of fused-ring (bicyclic) bond motifs is 6. The van der Waals surface area contributed by atoms with Crippen molar-refractivity contribution in [3.05, 3.63) is 41.0 Å². The molecule has 6 heteroatoms. The van der Waals surface area contributed by atoms with Crippen LogP contribution in [0.3, 0.4) is 0 Å². The van der Waals surface area contributed by atoms with Gasteiger partial charge in [0, 0.05) is 18.8 Å². The van der Waals surface area contributed by atoms with E-state index in [0.29, 0.717) is 37.4 Å². The van der Waals surface area contributed by atoms with Crippen LogP contribution in [0.15, 0.2) is 35.4 Å². The van der Waals surface area contributed by atoms with Crippen LogP contribution in [0.25, 0.3) is 0 Å². The first-order valence-corrected chi connectivity index (χ1v) is 18.8. The first-order valence-electron chi connectivity index (χ1n) is 15.8. The molecule has 220 valence electrons. The Morgan fingerprint density at radius 1 is 1.02 bits per heavy atom. The Kier molecular flexibility index (Phi) is 6.00. The number of hydrogen-bond donors (Lipinski definition) is 1. The van der Waals surface area contributed by atoms with Crippen molar-refractivity contribution in [2.75, 3.05) is 20.3 Å². The predicted molar refractivity (Wildman–Crippen MR) is 159 cm³/mol. The topological polar surface area (TPSA) is 57.2 Å². The van der Waals surface area contributed by atoms with E-state index >= 15 is 0 Å². The van der Waals surface area contributed by atoms with Gasteiger partial charge in [-0.2, -0.15) is 0 Å². The van der Waals surface area contributed by atoms with Crippen LogP contribution in [0.5, 0.6) is 5.75 Å². The van der Waals surface area contributed by atoms with E-state index in [4.69, 9.17) is 18.6 Å². The highest BCUT2D eigenvalue weighted by molar-refractivity contribution is 6.74. The van der Waals surface area contributed by atoms with E-state index in [-0.39, 0.29) is 22.0 Å². The summed E-state index contributed by atoms with van der Waals surface area (Å²) >= 11 is 0. The Hall–Kier alpha value is -1.18. The maximum absolute atomic E-state index is 12.3. The molecule has 40 heavy (non-hydrogen) atoms. The van der Waals surface area contributed by atoms with Crippen molar-refractivity contribution in [1.29, 1.82) is 0 Å². The van der Waals surface area contributed by atoms with Gasteiger partial charge in [0.25, 0.3) is 0 Å². The van der Waals surface area contributed by atoms with Crippen LogP contribution >= 0.6 is 0 Å². The number of ether oxygens (including phenoxy) is 3. The van der Waals surface area contributed by atoms with Crippen LogP contribution < -0.4 is 4.74 Å². The van der Waals surface area contributed by atoms with E-state index in [9.17, 15) is 5.11 Å². The molecule has 0 bridgehead atoms. The standard InChI is InChI=1S/C34H50O5Si/c1-30(2,3)40(6,7)39-34-19-23(34)18-28-25-12-14-32(35)21-33(37-16-17-38-33)15-13-27(32)29(25)26(20-31(28,34)4)22-8-10-24(36-5)11-9-22/h8-11,23,25-26,28,35H,12-21H2,1-7H3/t23-,25-,26+,28-,31-,32+,34-/m0/s1. The molecule has 6 aliphatic rings. The van der Waals surface area contributed by atoms with Gasteiger partial charge < -0.3 is 23.7 Å². The van der Waals surface area contributed by atoms with Crippen molar-refractivity contribution in [2.24, 2.45) is 23.2 Å². The summed E-state index contributed by atoms with van der Waals surface area (Å²) < 4.78 is 25.3. The minimum atomic E-state index is -1.94. The summed E-state index contributed by atoms with van der Waals surface area (Å²) in [5.41, 5.74) is 3.54. The SMILES string of the molecule is COc1ccc([C@H]2C[C@@]3(C)[C@@H](C[C@H]4C[C@]43O[Si](C)(C)C(C)(C)C)[C@@H]3CC[C@@]4(O)CC5(CCC4=C32)OCCO5)cc1. The van der Waals surface area contributed by atoms with Crippen molar-refractivity contribution < 1.29 is 23.7 Å². The van der Waals surface area contributed by atoms with E-state index in [1.54, 1.807) is 12.7 Å². The maximum Gasteiger partial charge on any atom is 0.192 e. The van der Waals surface area contributed by atoms with Gasteiger partial charge in [-0.1, -0.05) is 45.4 Å². The van der Waals surface area contributed by atoms with Crippen LogP contribution in [0, 0.1) is 23.2 Å². The summed E-state index contributed by atoms with van der Waals surface area (Å²) in [5, 5.41) is 12.5. The second-order valence-corrected chi connectivity index (χ2v) is 20.6. The van der Waals surface area contributed by atoms with E-state index in [1.807, 2.05) is 0 Å². The van der Waals surface area contributed by atoms with Gasteiger partial charge >= 0.3 is 0 Å². The monoisotopic (exact) mass is 566 g/mol. The van der Waals surface area contributed by atoms with E-state index < -0.39 is 19.7 Å². The summed E-state index contributed by atoms with van der Waals surface area (Å²) in [7, 11) is -0.198. The Morgan fingerprint density at radius 2 is 1.73 bits per heavy atom. The third-order valence-corrected chi connectivity index (χ3v) is 17.4. The first kappa shape index (κ1) is 27.6. The quantitative estimate of drug-likeness (QED) is 0.305. The zero-order valence-electron chi connectivity index (χ0n) is 25.8. The molecule has 0 amide bonds. The minimum Gasteiger partial charge on any atom is -0.497 e. The lowest BCUT2D eigenvalue weighted by molar-refractivity contribution is -0.208. The van der Waals surface area contributed by atoms with Crippen LogP contribution in [0.2, 0.25) is 18.1 Å². The van der Waals surface area contributed by atoms with Gasteiger partial charge in [-0.15, -0.1) is 0 Å². The average Bonchev–Trinajstić information content (AvgIpc) is 3.30. The average molecular weight is 567 g/mol. The molecule has 5 aliphatic carbocycles. The highest BCUT2D eigenvalue weighted by atomic mass is 28.4. The smallest absolute Gasteiger partial charge is 0.192 e. The van der Waals surface area contributed by atoms with Gasteiger partial charge in [0.2, 0.25) is 0 Å². The van der Waals surface area contributed by atoms with Gasteiger partial charge in [-0.05, 0) is 103 Å².